The third-order valence-corrected chi connectivity index (χ3v) is 3.46. The SMILES string of the molecule is Nc1ccc(C(=O)c2ccccc2C(=O)OC2CC2)c(O)c1. The van der Waals surface area contributed by atoms with Gasteiger partial charge in [0.1, 0.15) is 11.9 Å². The van der Waals surface area contributed by atoms with Gasteiger partial charge in [0.15, 0.2) is 5.78 Å². The Bertz CT molecular complexity index is 750. The summed E-state index contributed by atoms with van der Waals surface area (Å²) in [6, 6.07) is 10.7. The van der Waals surface area contributed by atoms with Crippen LogP contribution in [0.2, 0.25) is 0 Å². The van der Waals surface area contributed by atoms with E-state index in [0.29, 0.717) is 5.69 Å². The van der Waals surface area contributed by atoms with Crippen molar-refractivity contribution >= 4 is 17.4 Å². The number of aromatic hydroxyl groups is 1. The summed E-state index contributed by atoms with van der Waals surface area (Å²) in [5, 5.41) is 9.89. The lowest BCUT2D eigenvalue weighted by Gasteiger charge is -2.09. The second-order valence-corrected chi connectivity index (χ2v) is 5.26. The van der Waals surface area contributed by atoms with Crippen molar-refractivity contribution in [3.63, 3.8) is 0 Å². The molecule has 0 bridgehead atoms. The molecule has 0 radical (unpaired) electrons. The Hall–Kier alpha value is -2.82. The lowest BCUT2D eigenvalue weighted by Crippen LogP contribution is -2.13. The first-order valence-corrected chi connectivity index (χ1v) is 6.99. The van der Waals surface area contributed by atoms with Gasteiger partial charge in [0.25, 0.3) is 0 Å². The van der Waals surface area contributed by atoms with Crippen LogP contribution in [-0.2, 0) is 4.74 Å². The molecule has 1 saturated carbocycles. The summed E-state index contributed by atoms with van der Waals surface area (Å²) in [6.45, 7) is 0. The van der Waals surface area contributed by atoms with Crippen LogP contribution in [-0.4, -0.2) is 23.0 Å². The molecule has 0 spiro atoms. The van der Waals surface area contributed by atoms with Gasteiger partial charge in [0.05, 0.1) is 11.1 Å². The van der Waals surface area contributed by atoms with E-state index in [0.717, 1.165) is 12.8 Å². The highest BCUT2D eigenvalue weighted by atomic mass is 16.5. The number of ketones is 1. The molecule has 0 heterocycles. The molecule has 5 nitrogen and oxygen atoms in total. The van der Waals surface area contributed by atoms with Crippen LogP contribution in [0.4, 0.5) is 5.69 Å². The fourth-order valence-electron chi connectivity index (χ4n) is 2.15. The molecule has 5 heteroatoms. The van der Waals surface area contributed by atoms with Gasteiger partial charge in [-0.25, -0.2) is 4.79 Å². The van der Waals surface area contributed by atoms with E-state index in [-0.39, 0.29) is 28.5 Å². The van der Waals surface area contributed by atoms with E-state index < -0.39 is 11.8 Å². The van der Waals surface area contributed by atoms with E-state index in [1.54, 1.807) is 24.3 Å². The van der Waals surface area contributed by atoms with E-state index >= 15 is 0 Å². The zero-order chi connectivity index (χ0) is 15.7. The maximum Gasteiger partial charge on any atom is 0.339 e. The predicted octanol–water partition coefficient (Wildman–Crippen LogP) is 2.52. The van der Waals surface area contributed by atoms with Crippen molar-refractivity contribution in [3.05, 3.63) is 59.2 Å². The Labute approximate surface area is 127 Å². The smallest absolute Gasteiger partial charge is 0.339 e. The van der Waals surface area contributed by atoms with E-state index in [9.17, 15) is 14.7 Å². The number of ether oxygens (including phenoxy) is 1. The van der Waals surface area contributed by atoms with E-state index in [1.165, 1.54) is 18.2 Å². The summed E-state index contributed by atoms with van der Waals surface area (Å²) in [6.07, 6.45) is 1.68. The van der Waals surface area contributed by atoms with E-state index in [4.69, 9.17) is 10.5 Å². The van der Waals surface area contributed by atoms with Crippen molar-refractivity contribution in [3.8, 4) is 5.75 Å². The third-order valence-electron chi connectivity index (χ3n) is 3.46. The number of phenolic OH excluding ortho intramolecular Hbond substituents is 1. The molecule has 0 unspecified atom stereocenters. The number of hydrogen-bond acceptors (Lipinski definition) is 5. The standard InChI is InChI=1S/C17H15NO4/c18-10-5-8-14(15(19)9-10)16(20)12-3-1-2-4-13(12)17(21)22-11-6-7-11/h1-5,8-9,11,19H,6-7,18H2. The molecule has 0 aliphatic heterocycles. The number of rotatable bonds is 4. The molecule has 3 N–H and O–H groups in total. The largest absolute Gasteiger partial charge is 0.507 e. The lowest BCUT2D eigenvalue weighted by atomic mass is 9.97. The molecule has 22 heavy (non-hydrogen) atoms. The molecule has 112 valence electrons. The Morgan fingerprint density at radius 1 is 1.05 bits per heavy atom. The number of hydrogen-bond donors (Lipinski definition) is 2. The Morgan fingerprint density at radius 2 is 1.73 bits per heavy atom. The van der Waals surface area contributed by atoms with Crippen LogP contribution in [0, 0.1) is 0 Å². The Kier molecular flexibility index (Phi) is 3.55. The number of phenols is 1. The lowest BCUT2D eigenvalue weighted by molar-refractivity contribution is 0.0469. The highest BCUT2D eigenvalue weighted by molar-refractivity contribution is 6.15. The summed E-state index contributed by atoms with van der Waals surface area (Å²) in [5.74, 6) is -1.17. The van der Waals surface area contributed by atoms with Gasteiger partial charge in [-0.05, 0) is 31.0 Å². The van der Waals surface area contributed by atoms with Gasteiger partial charge in [-0.15, -0.1) is 0 Å². The number of carbonyl (C=O) groups is 2. The first-order valence-electron chi connectivity index (χ1n) is 6.99. The second kappa shape index (κ2) is 5.52. The molecule has 1 aliphatic carbocycles. The molecule has 2 aromatic rings. The molecule has 0 aromatic heterocycles. The predicted molar refractivity (Wildman–Crippen MR) is 80.8 cm³/mol. The molecule has 3 rings (SSSR count). The zero-order valence-electron chi connectivity index (χ0n) is 11.8. The van der Waals surface area contributed by atoms with Crippen LogP contribution in [0.25, 0.3) is 0 Å². The van der Waals surface area contributed by atoms with Crippen molar-refractivity contribution in [1.29, 1.82) is 0 Å². The van der Waals surface area contributed by atoms with Gasteiger partial charge in [0, 0.05) is 17.3 Å². The summed E-state index contributed by atoms with van der Waals surface area (Å²) in [4.78, 5) is 24.7. The van der Waals surface area contributed by atoms with Gasteiger partial charge in [0.2, 0.25) is 0 Å². The van der Waals surface area contributed by atoms with Crippen molar-refractivity contribution < 1.29 is 19.4 Å². The maximum absolute atomic E-state index is 12.6. The number of anilines is 1. The molecule has 1 fully saturated rings. The molecular formula is C17H15NO4. The van der Waals surface area contributed by atoms with Crippen LogP contribution in [0.15, 0.2) is 42.5 Å². The van der Waals surface area contributed by atoms with Crippen molar-refractivity contribution in [2.24, 2.45) is 0 Å². The number of benzene rings is 2. The average molecular weight is 297 g/mol. The summed E-state index contributed by atoms with van der Waals surface area (Å²) >= 11 is 0. The van der Waals surface area contributed by atoms with Crippen LogP contribution >= 0.6 is 0 Å². The highest BCUT2D eigenvalue weighted by Gasteiger charge is 2.28. The van der Waals surface area contributed by atoms with Crippen LogP contribution in [0.3, 0.4) is 0 Å². The van der Waals surface area contributed by atoms with Crippen molar-refractivity contribution in [2.45, 2.75) is 18.9 Å². The quantitative estimate of drug-likeness (QED) is 0.514. The minimum atomic E-state index is -0.513. The van der Waals surface area contributed by atoms with Crippen molar-refractivity contribution in [1.82, 2.24) is 0 Å². The van der Waals surface area contributed by atoms with Crippen molar-refractivity contribution in [2.75, 3.05) is 5.73 Å². The average Bonchev–Trinajstić information content (AvgIpc) is 3.30. The monoisotopic (exact) mass is 297 g/mol. The molecule has 0 atom stereocenters. The number of carbonyl (C=O) groups excluding carboxylic acids is 2. The van der Waals surface area contributed by atoms with Crippen LogP contribution in [0.5, 0.6) is 5.75 Å². The highest BCUT2D eigenvalue weighted by Crippen LogP contribution is 2.27. The zero-order valence-corrected chi connectivity index (χ0v) is 11.8. The van der Waals surface area contributed by atoms with Crippen LogP contribution in [0.1, 0.15) is 39.1 Å². The number of nitrogens with two attached hydrogens (primary N) is 1. The maximum atomic E-state index is 12.6. The summed E-state index contributed by atoms with van der Waals surface area (Å²) < 4.78 is 5.25. The topological polar surface area (TPSA) is 89.6 Å². The van der Waals surface area contributed by atoms with Gasteiger partial charge in [-0.2, -0.15) is 0 Å². The van der Waals surface area contributed by atoms with E-state index in [1.807, 2.05) is 0 Å². The number of esters is 1. The molecule has 2 aromatic carbocycles. The Balaban J connectivity index is 1.96. The van der Waals surface area contributed by atoms with Crippen LogP contribution < -0.4 is 5.73 Å². The summed E-state index contributed by atoms with van der Waals surface area (Å²) in [5.41, 5.74) is 6.42. The minimum Gasteiger partial charge on any atom is -0.507 e. The Morgan fingerprint density at radius 3 is 2.36 bits per heavy atom. The normalized spacial score (nSPS) is 13.6. The van der Waals surface area contributed by atoms with Gasteiger partial charge in [-0.1, -0.05) is 18.2 Å². The van der Waals surface area contributed by atoms with Gasteiger partial charge < -0.3 is 15.6 Å². The van der Waals surface area contributed by atoms with E-state index in [2.05, 4.69) is 0 Å². The second-order valence-electron chi connectivity index (χ2n) is 5.26. The fourth-order valence-corrected chi connectivity index (χ4v) is 2.15. The molecule has 0 amide bonds. The minimum absolute atomic E-state index is 0.0411. The first kappa shape index (κ1) is 14.1. The molecule has 1 aliphatic rings. The van der Waals surface area contributed by atoms with Gasteiger partial charge >= 0.3 is 5.97 Å². The summed E-state index contributed by atoms with van der Waals surface area (Å²) in [7, 11) is 0. The third kappa shape index (κ3) is 2.79. The molecule has 0 saturated heterocycles. The molecular weight excluding hydrogens is 282 g/mol. The van der Waals surface area contributed by atoms with Gasteiger partial charge in [-0.3, -0.25) is 4.79 Å². The first-order chi connectivity index (χ1) is 10.6. The number of nitrogen functional groups attached to an aromatic ring is 1. The fraction of sp³-hybridized carbons (Fsp3) is 0.176.